The van der Waals surface area contributed by atoms with Crippen molar-refractivity contribution in [3.05, 3.63) is 36.0 Å². The molecule has 0 saturated carbocycles. The van der Waals surface area contributed by atoms with E-state index in [9.17, 15) is 24.0 Å². The number of piperidine rings is 1. The monoisotopic (exact) mass is 787 g/mol. The van der Waals surface area contributed by atoms with Crippen molar-refractivity contribution < 1.29 is 44.0 Å². The van der Waals surface area contributed by atoms with Gasteiger partial charge < -0.3 is 30.9 Å². The molecule has 5 unspecified atom stereocenters. The van der Waals surface area contributed by atoms with Crippen LogP contribution in [0.3, 0.4) is 0 Å². The van der Waals surface area contributed by atoms with E-state index >= 15 is 0 Å². The van der Waals surface area contributed by atoms with Gasteiger partial charge in [0.15, 0.2) is 0 Å². The Hall–Kier alpha value is -4.25. The topological polar surface area (TPSA) is 204 Å². The smallest absolute Gasteiger partial charge is 0.418 e. The molecule has 56 heavy (non-hydrogen) atoms. The van der Waals surface area contributed by atoms with Gasteiger partial charge in [-0.1, -0.05) is 71.6 Å². The molecule has 1 aromatic heterocycles. The third-order valence-corrected chi connectivity index (χ3v) is 10.1. The molecular formula is C40H65N7O9. The van der Waals surface area contributed by atoms with E-state index in [1.165, 1.54) is 11.7 Å². The van der Waals surface area contributed by atoms with Gasteiger partial charge in [0.05, 0.1) is 24.6 Å². The van der Waals surface area contributed by atoms with Crippen LogP contribution < -0.4 is 21.3 Å². The summed E-state index contributed by atoms with van der Waals surface area (Å²) in [6.07, 6.45) is 8.63. The van der Waals surface area contributed by atoms with Gasteiger partial charge >= 0.3 is 12.1 Å². The van der Waals surface area contributed by atoms with Crippen molar-refractivity contribution in [3.8, 4) is 0 Å². The van der Waals surface area contributed by atoms with Crippen LogP contribution in [0, 0.1) is 5.41 Å². The molecule has 3 rings (SSSR count). The number of likely N-dealkylation sites (tertiary alicyclic amines) is 1. The van der Waals surface area contributed by atoms with Gasteiger partial charge in [0.25, 0.3) is 0 Å². The summed E-state index contributed by atoms with van der Waals surface area (Å²) in [4.78, 5) is 74.9. The van der Waals surface area contributed by atoms with Crippen LogP contribution in [0.15, 0.2) is 30.5 Å². The molecule has 0 aliphatic carbocycles. The van der Waals surface area contributed by atoms with Crippen LogP contribution in [0.2, 0.25) is 0 Å². The van der Waals surface area contributed by atoms with Crippen molar-refractivity contribution in [2.75, 3.05) is 20.3 Å². The van der Waals surface area contributed by atoms with Crippen molar-refractivity contribution in [3.63, 3.8) is 0 Å². The summed E-state index contributed by atoms with van der Waals surface area (Å²) in [6, 6.07) is 3.85. The van der Waals surface area contributed by atoms with Gasteiger partial charge in [0.2, 0.25) is 17.7 Å². The lowest BCUT2D eigenvalue weighted by molar-refractivity contribution is -0.492. The molecule has 2 heterocycles. The molecule has 5 atom stereocenters. The number of ether oxygens (including phenoxy) is 1. The van der Waals surface area contributed by atoms with E-state index in [0.29, 0.717) is 55.1 Å². The van der Waals surface area contributed by atoms with Gasteiger partial charge in [-0.2, -0.15) is 0 Å². The van der Waals surface area contributed by atoms with Gasteiger partial charge in [-0.15, -0.1) is 0 Å². The van der Waals surface area contributed by atoms with Crippen molar-refractivity contribution in [2.45, 2.75) is 149 Å². The van der Waals surface area contributed by atoms with Crippen LogP contribution in [0.5, 0.6) is 0 Å². The van der Waals surface area contributed by atoms with E-state index < -0.39 is 36.0 Å². The number of fused-ring (bicyclic) bond motifs is 1. The van der Waals surface area contributed by atoms with Crippen LogP contribution in [-0.2, 0) is 30.4 Å². The average molecular weight is 788 g/mol. The number of rotatable bonds is 20. The van der Waals surface area contributed by atoms with Crippen LogP contribution in [0.4, 0.5) is 9.59 Å². The number of para-hydroxylation sites is 1. The third-order valence-electron chi connectivity index (χ3n) is 10.1. The Kier molecular flexibility index (Phi) is 18.5. The summed E-state index contributed by atoms with van der Waals surface area (Å²) in [5, 5.41) is 29.4. The summed E-state index contributed by atoms with van der Waals surface area (Å²) in [5.74, 6) is -1.46. The van der Waals surface area contributed by atoms with Gasteiger partial charge in [-0.3, -0.25) is 34.2 Å². The lowest BCUT2D eigenvalue weighted by atomic mass is 9.87. The maximum absolute atomic E-state index is 14.3. The SMILES string of the molecule is CCCCC(NC(=O)C(Cc1cn(C(=O)OC)c2ccccc12)NC(=O)C(CC(C)(C)C)NC(=O)N1C(C)CCCC1C)C(=O)NCCCCCCON(O)O. The molecule has 1 aliphatic heterocycles. The number of unbranched alkanes of at least 4 members (excludes halogenated alkanes) is 4. The average Bonchev–Trinajstić information content (AvgIpc) is 3.50. The van der Waals surface area contributed by atoms with Crippen molar-refractivity contribution in [2.24, 2.45) is 5.41 Å². The second-order valence-electron chi connectivity index (χ2n) is 16.1. The van der Waals surface area contributed by atoms with Crippen LogP contribution in [0.1, 0.15) is 118 Å². The Morgan fingerprint density at radius 3 is 2.16 bits per heavy atom. The Balaban J connectivity index is 1.88. The number of nitrogens with one attached hydrogen (secondary N) is 4. The van der Waals surface area contributed by atoms with Crippen molar-refractivity contribution in [1.82, 2.24) is 36.1 Å². The molecule has 1 aliphatic rings. The molecule has 6 N–H and O–H groups in total. The zero-order valence-electron chi connectivity index (χ0n) is 34.3. The molecule has 16 nitrogen and oxygen atoms in total. The predicted molar refractivity (Wildman–Crippen MR) is 211 cm³/mol. The van der Waals surface area contributed by atoms with Crippen LogP contribution >= 0.6 is 0 Å². The Bertz CT molecular complexity index is 1580. The highest BCUT2D eigenvalue weighted by Gasteiger charge is 2.35. The summed E-state index contributed by atoms with van der Waals surface area (Å²) in [7, 11) is 1.28. The maximum Gasteiger partial charge on any atom is 0.418 e. The Labute approximate surface area is 330 Å². The van der Waals surface area contributed by atoms with E-state index in [0.717, 1.165) is 38.5 Å². The summed E-state index contributed by atoms with van der Waals surface area (Å²) < 4.78 is 6.36. The number of hydrogen-bond donors (Lipinski definition) is 6. The minimum absolute atomic E-state index is 0.00813. The second kappa shape index (κ2) is 22.5. The molecule has 1 saturated heterocycles. The van der Waals surface area contributed by atoms with E-state index in [-0.39, 0.29) is 47.9 Å². The first-order chi connectivity index (χ1) is 26.6. The number of carbonyl (C=O) groups excluding carboxylic acids is 5. The first kappa shape index (κ1) is 46.1. The summed E-state index contributed by atoms with van der Waals surface area (Å²) in [6.45, 7) is 12.4. The minimum Gasteiger partial charge on any atom is -0.452 e. The highest BCUT2D eigenvalue weighted by molar-refractivity contribution is 5.96. The predicted octanol–water partition coefficient (Wildman–Crippen LogP) is 5.42. The maximum atomic E-state index is 14.3. The number of benzene rings is 1. The third kappa shape index (κ3) is 14.4. The molecule has 5 amide bonds. The van der Waals surface area contributed by atoms with Gasteiger partial charge in [0, 0.05) is 36.6 Å². The van der Waals surface area contributed by atoms with Gasteiger partial charge in [-0.25, -0.2) is 9.59 Å². The molecule has 0 radical (unpaired) electrons. The highest BCUT2D eigenvalue weighted by atomic mass is 17.1. The molecule has 1 fully saturated rings. The minimum atomic E-state index is -1.18. The number of hydrogen-bond acceptors (Lipinski definition) is 10. The molecular weight excluding hydrogens is 722 g/mol. The summed E-state index contributed by atoms with van der Waals surface area (Å²) in [5.41, 5.74) is 0.806. The van der Waals surface area contributed by atoms with E-state index in [4.69, 9.17) is 15.2 Å². The molecule has 16 heteroatoms. The van der Waals surface area contributed by atoms with E-state index in [2.05, 4.69) is 26.1 Å². The normalized spacial score (nSPS) is 17.6. The highest BCUT2D eigenvalue weighted by Crippen LogP contribution is 2.26. The molecule has 1 aromatic carbocycles. The lowest BCUT2D eigenvalue weighted by Crippen LogP contribution is -2.60. The molecule has 0 bridgehead atoms. The summed E-state index contributed by atoms with van der Waals surface area (Å²) >= 11 is 0. The number of aromatic nitrogens is 1. The number of urea groups is 1. The standard InChI is InChI=1S/C40H65N7O9/c1-8-9-20-31(35(48)41-22-14-10-11-15-23-56-47(53)54)42-36(49)32(24-29-26-45(39(52)55-7)34-21-13-12-19-30(29)34)43-37(50)33(25-40(4,5)6)44-38(51)46-27(2)17-16-18-28(46)3/h12-13,19,21,26-28,31-33,53-54H,8-11,14-18,20,22-25H2,1-7H3,(H,41,48)(H,42,49)(H,43,50)(H,44,51). The molecule has 2 aromatic rings. The van der Waals surface area contributed by atoms with Crippen LogP contribution in [0.25, 0.3) is 10.9 Å². The van der Waals surface area contributed by atoms with E-state index in [1.807, 2.05) is 53.7 Å². The van der Waals surface area contributed by atoms with Crippen molar-refractivity contribution >= 4 is 40.7 Å². The van der Waals surface area contributed by atoms with Crippen molar-refractivity contribution in [1.29, 1.82) is 0 Å². The largest absolute Gasteiger partial charge is 0.452 e. The Morgan fingerprint density at radius 2 is 1.52 bits per heavy atom. The molecule has 0 spiro atoms. The number of amides is 5. The van der Waals surface area contributed by atoms with Crippen LogP contribution in [-0.4, -0.2) is 106 Å². The number of nitrogens with zero attached hydrogens (tertiary/aromatic N) is 3. The fraction of sp³-hybridized carbons (Fsp3) is 0.675. The first-order valence-electron chi connectivity index (χ1n) is 20.0. The Morgan fingerprint density at radius 1 is 0.875 bits per heavy atom. The van der Waals surface area contributed by atoms with Gasteiger partial charge in [0.1, 0.15) is 18.1 Å². The first-order valence-corrected chi connectivity index (χ1v) is 20.0. The quantitative estimate of drug-likeness (QED) is 0.0743. The fourth-order valence-electron chi connectivity index (χ4n) is 7.24. The molecule has 314 valence electrons. The number of carbonyl (C=O) groups is 5. The fourth-order valence-corrected chi connectivity index (χ4v) is 7.24. The zero-order valence-corrected chi connectivity index (χ0v) is 34.3. The zero-order chi connectivity index (χ0) is 41.4. The second-order valence-corrected chi connectivity index (χ2v) is 16.1. The number of methoxy groups -OCH3 is 1. The van der Waals surface area contributed by atoms with E-state index in [1.54, 1.807) is 23.2 Å². The van der Waals surface area contributed by atoms with Gasteiger partial charge in [-0.05, 0) is 75.8 Å². The lowest BCUT2D eigenvalue weighted by Gasteiger charge is -2.40.